The lowest BCUT2D eigenvalue weighted by molar-refractivity contribution is -0.143. The van der Waals surface area contributed by atoms with E-state index < -0.39 is 0 Å². The third kappa shape index (κ3) is 10.1. The fraction of sp³-hybridized carbons (Fsp3) is 0.632. The molecule has 1 aromatic rings. The van der Waals surface area contributed by atoms with Crippen LogP contribution in [0.1, 0.15) is 70.3 Å². The molecule has 0 saturated heterocycles. The second-order valence-electron chi connectivity index (χ2n) is 5.68. The maximum atomic E-state index is 11.6. The summed E-state index contributed by atoms with van der Waals surface area (Å²) < 4.78 is 5.27. The highest BCUT2D eigenvalue weighted by atomic mass is 16.5. The molecule has 118 valence electrons. The highest BCUT2D eigenvalue weighted by Crippen LogP contribution is 2.09. The number of ether oxygens (including phenoxy) is 1. The number of hydrogen-bond acceptors (Lipinski definition) is 2. The van der Waals surface area contributed by atoms with Gasteiger partial charge < -0.3 is 4.74 Å². The lowest BCUT2D eigenvalue weighted by Gasteiger charge is -2.05. The number of carbonyl (C=O) groups is 1. The van der Waals surface area contributed by atoms with Crippen LogP contribution in [-0.2, 0) is 16.0 Å². The van der Waals surface area contributed by atoms with Crippen molar-refractivity contribution in [1.29, 1.82) is 0 Å². The monoisotopic (exact) mass is 290 g/mol. The summed E-state index contributed by atoms with van der Waals surface area (Å²) in [6.07, 6.45) is 11.4. The van der Waals surface area contributed by atoms with Crippen LogP contribution in [0.3, 0.4) is 0 Å². The minimum atomic E-state index is -0.0678. The predicted molar refractivity (Wildman–Crippen MR) is 88.3 cm³/mol. The van der Waals surface area contributed by atoms with Crippen molar-refractivity contribution in [2.75, 3.05) is 6.61 Å². The number of benzene rings is 1. The number of aryl methyl sites for hydroxylation is 1. The van der Waals surface area contributed by atoms with Crippen molar-refractivity contribution >= 4 is 5.97 Å². The number of hydrogen-bond donors (Lipinski definition) is 0. The lowest BCUT2D eigenvalue weighted by atomic mass is 10.1. The first kappa shape index (κ1) is 17.7. The molecule has 2 heteroatoms. The van der Waals surface area contributed by atoms with Gasteiger partial charge in [0.15, 0.2) is 0 Å². The number of esters is 1. The third-order valence-corrected chi connectivity index (χ3v) is 3.72. The van der Waals surface area contributed by atoms with Crippen LogP contribution in [0, 0.1) is 0 Å². The molecule has 0 amide bonds. The van der Waals surface area contributed by atoms with Gasteiger partial charge in [-0.05, 0) is 18.4 Å². The van der Waals surface area contributed by atoms with Crippen molar-refractivity contribution < 1.29 is 9.53 Å². The van der Waals surface area contributed by atoms with E-state index in [0.717, 1.165) is 12.8 Å². The molecule has 1 aromatic carbocycles. The molecule has 21 heavy (non-hydrogen) atoms. The Bertz CT molecular complexity index is 359. The van der Waals surface area contributed by atoms with Gasteiger partial charge >= 0.3 is 5.97 Å². The largest absolute Gasteiger partial charge is 0.466 e. The van der Waals surface area contributed by atoms with Crippen LogP contribution in [0.5, 0.6) is 0 Å². The Morgan fingerprint density at radius 3 is 2.19 bits per heavy atom. The van der Waals surface area contributed by atoms with Gasteiger partial charge in [0.1, 0.15) is 0 Å². The fourth-order valence-corrected chi connectivity index (χ4v) is 2.39. The molecule has 0 aliphatic carbocycles. The zero-order chi connectivity index (χ0) is 15.2. The van der Waals surface area contributed by atoms with Crippen molar-refractivity contribution in [3.63, 3.8) is 0 Å². The van der Waals surface area contributed by atoms with Gasteiger partial charge in [-0.25, -0.2) is 0 Å². The van der Waals surface area contributed by atoms with Gasteiger partial charge in [-0.15, -0.1) is 0 Å². The van der Waals surface area contributed by atoms with E-state index >= 15 is 0 Å². The molecular formula is C19H30O2. The highest BCUT2D eigenvalue weighted by molar-refractivity contribution is 5.69. The van der Waals surface area contributed by atoms with Crippen molar-refractivity contribution in [2.24, 2.45) is 0 Å². The van der Waals surface area contributed by atoms with Crippen molar-refractivity contribution in [1.82, 2.24) is 0 Å². The zero-order valence-electron chi connectivity index (χ0n) is 13.5. The first-order valence-electron chi connectivity index (χ1n) is 8.52. The van der Waals surface area contributed by atoms with Crippen molar-refractivity contribution in [3.8, 4) is 0 Å². The minimum absolute atomic E-state index is 0.0678. The molecule has 0 saturated carbocycles. The summed E-state index contributed by atoms with van der Waals surface area (Å²) in [5, 5.41) is 0. The molecule has 0 heterocycles. The number of unbranched alkanes of at least 4 members (excludes halogenated alkanes) is 7. The summed E-state index contributed by atoms with van der Waals surface area (Å²) in [4.78, 5) is 11.6. The average molecular weight is 290 g/mol. The van der Waals surface area contributed by atoms with Gasteiger partial charge in [0, 0.05) is 6.42 Å². The van der Waals surface area contributed by atoms with E-state index in [1.165, 1.54) is 50.5 Å². The van der Waals surface area contributed by atoms with Crippen LogP contribution in [-0.4, -0.2) is 12.6 Å². The van der Waals surface area contributed by atoms with E-state index in [-0.39, 0.29) is 5.97 Å². The molecule has 0 bridgehead atoms. The van der Waals surface area contributed by atoms with Crippen LogP contribution in [0.2, 0.25) is 0 Å². The van der Waals surface area contributed by atoms with E-state index in [9.17, 15) is 4.79 Å². The normalized spacial score (nSPS) is 10.5. The molecule has 0 N–H and O–H groups in total. The van der Waals surface area contributed by atoms with Crippen LogP contribution in [0.25, 0.3) is 0 Å². The molecule has 0 unspecified atom stereocenters. The van der Waals surface area contributed by atoms with Gasteiger partial charge in [-0.1, -0.05) is 82.2 Å². The maximum absolute atomic E-state index is 11.6. The van der Waals surface area contributed by atoms with Gasteiger partial charge in [-0.3, -0.25) is 4.79 Å². The first-order valence-corrected chi connectivity index (χ1v) is 8.52. The average Bonchev–Trinajstić information content (AvgIpc) is 2.52. The van der Waals surface area contributed by atoms with E-state index in [2.05, 4.69) is 6.92 Å². The van der Waals surface area contributed by atoms with Crippen LogP contribution in [0.15, 0.2) is 30.3 Å². The Balaban J connectivity index is 1.89. The molecule has 0 aliphatic heterocycles. The van der Waals surface area contributed by atoms with E-state index in [0.29, 0.717) is 13.0 Å². The highest BCUT2D eigenvalue weighted by Gasteiger charge is 2.03. The quantitative estimate of drug-likeness (QED) is 0.385. The smallest absolute Gasteiger partial charge is 0.306 e. The Labute approximate surface area is 129 Å². The van der Waals surface area contributed by atoms with Crippen molar-refractivity contribution in [3.05, 3.63) is 35.9 Å². The molecule has 1 rings (SSSR count). The topological polar surface area (TPSA) is 26.3 Å². The Kier molecular flexibility index (Phi) is 10.5. The molecule has 2 nitrogen and oxygen atoms in total. The summed E-state index contributed by atoms with van der Waals surface area (Å²) in [6.45, 7) is 2.83. The minimum Gasteiger partial charge on any atom is -0.466 e. The van der Waals surface area contributed by atoms with E-state index in [1.807, 2.05) is 30.3 Å². The van der Waals surface area contributed by atoms with Crippen LogP contribution < -0.4 is 0 Å². The predicted octanol–water partition coefficient (Wildman–Crippen LogP) is 5.30. The summed E-state index contributed by atoms with van der Waals surface area (Å²) in [5.74, 6) is -0.0678. The van der Waals surface area contributed by atoms with Gasteiger partial charge in [-0.2, -0.15) is 0 Å². The van der Waals surface area contributed by atoms with E-state index in [4.69, 9.17) is 4.74 Å². The fourth-order valence-electron chi connectivity index (χ4n) is 2.39. The van der Waals surface area contributed by atoms with Crippen LogP contribution >= 0.6 is 0 Å². The SMILES string of the molecule is CCCCCCCCCCOC(=O)CCc1ccccc1. The summed E-state index contributed by atoms with van der Waals surface area (Å²) in [5.41, 5.74) is 1.20. The summed E-state index contributed by atoms with van der Waals surface area (Å²) in [7, 11) is 0. The Hall–Kier alpha value is -1.31. The van der Waals surface area contributed by atoms with Gasteiger partial charge in [0.25, 0.3) is 0 Å². The van der Waals surface area contributed by atoms with Crippen molar-refractivity contribution in [2.45, 2.75) is 71.1 Å². The number of rotatable bonds is 12. The molecule has 0 spiro atoms. The summed E-state index contributed by atoms with van der Waals surface area (Å²) >= 11 is 0. The second kappa shape index (κ2) is 12.4. The molecule has 0 aromatic heterocycles. The van der Waals surface area contributed by atoms with E-state index in [1.54, 1.807) is 0 Å². The molecule has 0 fully saturated rings. The summed E-state index contributed by atoms with van der Waals surface area (Å²) in [6, 6.07) is 10.1. The number of carbonyl (C=O) groups excluding carboxylic acids is 1. The molecule has 0 radical (unpaired) electrons. The Morgan fingerprint density at radius 1 is 0.905 bits per heavy atom. The Morgan fingerprint density at radius 2 is 1.52 bits per heavy atom. The molecular weight excluding hydrogens is 260 g/mol. The molecule has 0 aliphatic rings. The second-order valence-corrected chi connectivity index (χ2v) is 5.68. The maximum Gasteiger partial charge on any atom is 0.306 e. The molecule has 0 atom stereocenters. The van der Waals surface area contributed by atoms with Gasteiger partial charge in [0.2, 0.25) is 0 Å². The lowest BCUT2D eigenvalue weighted by Crippen LogP contribution is -2.07. The van der Waals surface area contributed by atoms with Crippen LogP contribution in [0.4, 0.5) is 0 Å². The third-order valence-electron chi connectivity index (χ3n) is 3.72. The zero-order valence-corrected chi connectivity index (χ0v) is 13.5. The van der Waals surface area contributed by atoms with Gasteiger partial charge in [0.05, 0.1) is 6.61 Å². The first-order chi connectivity index (χ1) is 10.3. The standard InChI is InChI=1S/C19H30O2/c1-2-3-4-5-6-7-8-12-17-21-19(20)16-15-18-13-10-9-11-14-18/h9-11,13-14H,2-8,12,15-17H2,1H3.